The number of aromatic hydroxyl groups is 1. The molecule has 0 aromatic heterocycles. The second-order valence-electron chi connectivity index (χ2n) is 4.75. The van der Waals surface area contributed by atoms with E-state index < -0.39 is 5.97 Å². The first-order valence-corrected chi connectivity index (χ1v) is 7.24. The third kappa shape index (κ3) is 4.04. The van der Waals surface area contributed by atoms with Crippen molar-refractivity contribution in [3.8, 4) is 5.75 Å². The summed E-state index contributed by atoms with van der Waals surface area (Å²) in [4.78, 5) is 25.6. The van der Waals surface area contributed by atoms with Crippen molar-refractivity contribution in [2.24, 2.45) is 0 Å². The molecule has 0 heterocycles. The van der Waals surface area contributed by atoms with Crippen molar-refractivity contribution in [2.75, 3.05) is 13.1 Å². The number of phenols is 1. The highest BCUT2D eigenvalue weighted by Gasteiger charge is 2.23. The van der Waals surface area contributed by atoms with E-state index in [9.17, 15) is 14.7 Å². The number of carbonyl (C=O) groups excluding carboxylic acids is 2. The first-order valence-electron chi connectivity index (χ1n) is 7.24. The van der Waals surface area contributed by atoms with E-state index in [0.29, 0.717) is 6.42 Å². The Labute approximate surface area is 125 Å². The molecule has 1 atom stereocenters. The summed E-state index contributed by atoms with van der Waals surface area (Å²) in [6, 6.07) is 4.50. The van der Waals surface area contributed by atoms with Crippen molar-refractivity contribution >= 4 is 11.8 Å². The zero-order valence-electron chi connectivity index (χ0n) is 13.0. The maximum atomic E-state index is 12.2. The molecule has 0 aliphatic rings. The first kappa shape index (κ1) is 17.2. The Balaban J connectivity index is 2.98. The third-order valence-electron chi connectivity index (χ3n) is 3.45. The number of carbonyl (C=O) groups is 2. The van der Waals surface area contributed by atoms with Gasteiger partial charge in [-0.1, -0.05) is 26.8 Å². The summed E-state index contributed by atoms with van der Waals surface area (Å²) in [7, 11) is 0. The Morgan fingerprint density at radius 2 is 1.76 bits per heavy atom. The number of benzene rings is 1. The summed E-state index contributed by atoms with van der Waals surface area (Å²) in [5, 5.41) is 10.0. The van der Waals surface area contributed by atoms with E-state index in [1.165, 1.54) is 19.1 Å². The SMILES string of the molecule is CCC(OC(=O)c1cccc(C(C)=O)c1O)N(CC)CC. The first-order chi connectivity index (χ1) is 9.96. The van der Waals surface area contributed by atoms with Gasteiger partial charge in [0, 0.05) is 0 Å². The minimum absolute atomic E-state index is 0.0216. The lowest BCUT2D eigenvalue weighted by molar-refractivity contribution is -0.0308. The number of para-hydroxylation sites is 1. The zero-order valence-corrected chi connectivity index (χ0v) is 13.0. The average molecular weight is 293 g/mol. The van der Waals surface area contributed by atoms with Crippen LogP contribution in [0.1, 0.15) is 54.8 Å². The predicted octanol–water partition coefficient (Wildman–Crippen LogP) is 2.83. The number of esters is 1. The minimum atomic E-state index is -0.616. The van der Waals surface area contributed by atoms with Gasteiger partial charge >= 0.3 is 5.97 Å². The molecule has 0 saturated heterocycles. The van der Waals surface area contributed by atoms with Crippen LogP contribution in [-0.4, -0.2) is 41.1 Å². The maximum Gasteiger partial charge on any atom is 0.343 e. The predicted molar refractivity (Wildman–Crippen MR) is 80.5 cm³/mol. The normalized spacial score (nSPS) is 12.2. The largest absolute Gasteiger partial charge is 0.506 e. The summed E-state index contributed by atoms with van der Waals surface area (Å²) < 4.78 is 5.46. The molecule has 116 valence electrons. The van der Waals surface area contributed by atoms with E-state index in [2.05, 4.69) is 0 Å². The lowest BCUT2D eigenvalue weighted by atomic mass is 10.1. The van der Waals surface area contributed by atoms with Crippen molar-refractivity contribution in [1.29, 1.82) is 0 Å². The van der Waals surface area contributed by atoms with E-state index in [4.69, 9.17) is 4.74 Å². The number of ketones is 1. The molecule has 1 aromatic rings. The Bertz CT molecular complexity index is 509. The molecule has 0 fully saturated rings. The van der Waals surface area contributed by atoms with Gasteiger partial charge in [0.15, 0.2) is 12.0 Å². The van der Waals surface area contributed by atoms with Crippen LogP contribution in [0.2, 0.25) is 0 Å². The summed E-state index contributed by atoms with van der Waals surface area (Å²) in [5.74, 6) is -1.23. The molecule has 0 aliphatic carbocycles. The molecule has 0 bridgehead atoms. The highest BCUT2D eigenvalue weighted by molar-refractivity contribution is 6.02. The van der Waals surface area contributed by atoms with Gasteiger partial charge in [-0.2, -0.15) is 0 Å². The van der Waals surface area contributed by atoms with Gasteiger partial charge in [-0.15, -0.1) is 0 Å². The third-order valence-corrected chi connectivity index (χ3v) is 3.45. The lowest BCUT2D eigenvalue weighted by Crippen LogP contribution is -2.38. The highest BCUT2D eigenvalue weighted by atomic mass is 16.6. The molecule has 5 nitrogen and oxygen atoms in total. The molecule has 5 heteroatoms. The zero-order chi connectivity index (χ0) is 16.0. The molecule has 0 saturated carbocycles. The minimum Gasteiger partial charge on any atom is -0.506 e. The number of rotatable bonds is 7. The number of nitrogens with zero attached hydrogens (tertiary/aromatic N) is 1. The van der Waals surface area contributed by atoms with Crippen molar-refractivity contribution in [2.45, 2.75) is 40.3 Å². The van der Waals surface area contributed by atoms with Gasteiger partial charge < -0.3 is 9.84 Å². The molecule has 0 amide bonds. The van der Waals surface area contributed by atoms with Gasteiger partial charge in [-0.25, -0.2) is 4.79 Å². The number of ether oxygens (including phenoxy) is 1. The van der Waals surface area contributed by atoms with E-state index in [0.717, 1.165) is 13.1 Å². The number of phenolic OH excluding ortho intramolecular Hbond substituents is 1. The van der Waals surface area contributed by atoms with Crippen LogP contribution in [0.3, 0.4) is 0 Å². The standard InChI is InChI=1S/C16H23NO4/c1-5-14(17(6-2)7-3)21-16(20)13-10-8-9-12(11(4)18)15(13)19/h8-10,14,19H,5-7H2,1-4H3. The molecular weight excluding hydrogens is 270 g/mol. The van der Waals surface area contributed by atoms with Gasteiger partial charge in [-0.3, -0.25) is 9.69 Å². The van der Waals surface area contributed by atoms with Crippen LogP contribution in [0.25, 0.3) is 0 Å². The Kier molecular flexibility index (Phi) is 6.37. The van der Waals surface area contributed by atoms with Gasteiger partial charge in [0.2, 0.25) is 0 Å². The second-order valence-corrected chi connectivity index (χ2v) is 4.75. The molecule has 1 N–H and O–H groups in total. The molecule has 0 radical (unpaired) electrons. The van der Waals surface area contributed by atoms with Crippen LogP contribution in [0, 0.1) is 0 Å². The van der Waals surface area contributed by atoms with Crippen LogP contribution in [-0.2, 0) is 4.74 Å². The van der Waals surface area contributed by atoms with Gasteiger partial charge in [-0.05, 0) is 38.6 Å². The molecule has 21 heavy (non-hydrogen) atoms. The van der Waals surface area contributed by atoms with Crippen LogP contribution >= 0.6 is 0 Å². The van der Waals surface area contributed by atoms with E-state index in [1.807, 2.05) is 25.7 Å². The van der Waals surface area contributed by atoms with Crippen molar-refractivity contribution in [1.82, 2.24) is 4.90 Å². The monoisotopic (exact) mass is 293 g/mol. The topological polar surface area (TPSA) is 66.8 Å². The van der Waals surface area contributed by atoms with Crippen molar-refractivity contribution in [3.63, 3.8) is 0 Å². The second kappa shape index (κ2) is 7.78. The average Bonchev–Trinajstić information content (AvgIpc) is 2.46. The summed E-state index contributed by atoms with van der Waals surface area (Å²) >= 11 is 0. The molecule has 1 unspecified atom stereocenters. The molecule has 0 spiro atoms. The van der Waals surface area contributed by atoms with Gasteiger partial charge in [0.25, 0.3) is 0 Å². The Hall–Kier alpha value is -1.88. The lowest BCUT2D eigenvalue weighted by Gasteiger charge is -2.28. The fourth-order valence-electron chi connectivity index (χ4n) is 2.23. The maximum absolute atomic E-state index is 12.2. The smallest absolute Gasteiger partial charge is 0.343 e. The highest BCUT2D eigenvalue weighted by Crippen LogP contribution is 2.24. The molecule has 1 aromatic carbocycles. The van der Waals surface area contributed by atoms with E-state index in [1.54, 1.807) is 6.07 Å². The summed E-state index contributed by atoms with van der Waals surface area (Å²) in [5.41, 5.74) is 0.147. The van der Waals surface area contributed by atoms with E-state index >= 15 is 0 Å². The van der Waals surface area contributed by atoms with Crippen LogP contribution < -0.4 is 0 Å². The summed E-state index contributed by atoms with van der Waals surface area (Å²) in [6.45, 7) is 8.79. The van der Waals surface area contributed by atoms with Crippen LogP contribution in [0.15, 0.2) is 18.2 Å². The van der Waals surface area contributed by atoms with Crippen LogP contribution in [0.5, 0.6) is 5.75 Å². The summed E-state index contributed by atoms with van der Waals surface area (Å²) in [6.07, 6.45) is 0.313. The molecule has 0 aliphatic heterocycles. The van der Waals surface area contributed by atoms with Crippen molar-refractivity contribution in [3.05, 3.63) is 29.3 Å². The number of Topliss-reactive ketones (excluding diaryl/α,β-unsaturated/α-hetero) is 1. The fraction of sp³-hybridized carbons (Fsp3) is 0.500. The molecule has 1 rings (SSSR count). The number of hydrogen-bond acceptors (Lipinski definition) is 5. The fourth-order valence-corrected chi connectivity index (χ4v) is 2.23. The Morgan fingerprint density at radius 1 is 1.19 bits per heavy atom. The van der Waals surface area contributed by atoms with Crippen molar-refractivity contribution < 1.29 is 19.4 Å². The Morgan fingerprint density at radius 3 is 2.24 bits per heavy atom. The van der Waals surface area contributed by atoms with Gasteiger partial charge in [0.1, 0.15) is 11.3 Å². The number of hydrogen-bond donors (Lipinski definition) is 1. The van der Waals surface area contributed by atoms with Gasteiger partial charge in [0.05, 0.1) is 5.56 Å². The van der Waals surface area contributed by atoms with E-state index in [-0.39, 0.29) is 28.9 Å². The molecular formula is C16H23NO4. The van der Waals surface area contributed by atoms with Crippen LogP contribution in [0.4, 0.5) is 0 Å². The quantitative estimate of drug-likeness (QED) is 0.475.